The van der Waals surface area contributed by atoms with Crippen molar-refractivity contribution in [3.8, 4) is 0 Å². The van der Waals surface area contributed by atoms with Crippen molar-refractivity contribution in [1.29, 1.82) is 0 Å². The molecule has 17 heavy (non-hydrogen) atoms. The number of carboxylic acids is 1. The van der Waals surface area contributed by atoms with Gasteiger partial charge in [-0.05, 0) is 12.8 Å². The van der Waals surface area contributed by atoms with Crippen LogP contribution < -0.4 is 0 Å². The van der Waals surface area contributed by atoms with E-state index in [0.29, 0.717) is 5.92 Å². The predicted octanol–water partition coefficient (Wildman–Crippen LogP) is 0.881. The van der Waals surface area contributed by atoms with Crippen molar-refractivity contribution in [3.05, 3.63) is 17.5 Å². The lowest BCUT2D eigenvalue weighted by molar-refractivity contribution is -0.145. The van der Waals surface area contributed by atoms with Crippen molar-refractivity contribution in [3.63, 3.8) is 0 Å². The van der Waals surface area contributed by atoms with E-state index in [1.54, 1.807) is 6.92 Å². The molecule has 1 unspecified atom stereocenters. The van der Waals surface area contributed by atoms with E-state index in [9.17, 15) is 4.79 Å². The summed E-state index contributed by atoms with van der Waals surface area (Å²) in [6.07, 6.45) is 1.89. The van der Waals surface area contributed by atoms with Crippen LogP contribution in [0.15, 0.2) is 6.20 Å². The van der Waals surface area contributed by atoms with Gasteiger partial charge < -0.3 is 5.11 Å². The van der Waals surface area contributed by atoms with Gasteiger partial charge in [0.25, 0.3) is 0 Å². The maximum Gasteiger partial charge on any atom is 0.306 e. The van der Waals surface area contributed by atoms with Gasteiger partial charge >= 0.3 is 5.97 Å². The van der Waals surface area contributed by atoms with E-state index in [1.807, 2.05) is 17.9 Å². The van der Waals surface area contributed by atoms with Gasteiger partial charge in [-0.3, -0.25) is 14.4 Å². The van der Waals surface area contributed by atoms with Crippen LogP contribution >= 0.6 is 0 Å². The van der Waals surface area contributed by atoms with Crippen LogP contribution in [-0.4, -0.2) is 38.8 Å². The smallest absolute Gasteiger partial charge is 0.306 e. The first-order chi connectivity index (χ1) is 7.99. The van der Waals surface area contributed by atoms with Crippen LogP contribution in [0.5, 0.6) is 0 Å². The van der Waals surface area contributed by atoms with Gasteiger partial charge in [0, 0.05) is 37.9 Å². The molecule has 1 N–H and O–H groups in total. The number of likely N-dealkylation sites (tertiary alicyclic amines) is 1. The third kappa shape index (κ3) is 2.34. The molecule has 0 amide bonds. The zero-order chi connectivity index (χ0) is 12.6. The van der Waals surface area contributed by atoms with Crippen LogP contribution in [0.3, 0.4) is 0 Å². The Bertz CT molecular complexity index is 421. The molecule has 0 bridgehead atoms. The van der Waals surface area contributed by atoms with E-state index < -0.39 is 5.97 Å². The predicted molar refractivity (Wildman–Crippen MR) is 63.5 cm³/mol. The standard InChI is InChI=1S/C12H19N3O2/c1-8(12(16)17)11-6-15(7-11)5-10-4-13-14(3)9(10)2/h4,8,11H,5-7H2,1-3H3,(H,16,17). The van der Waals surface area contributed by atoms with Crippen molar-refractivity contribution in [1.82, 2.24) is 14.7 Å². The number of aromatic nitrogens is 2. The Labute approximate surface area is 101 Å². The molecular weight excluding hydrogens is 218 g/mol. The van der Waals surface area contributed by atoms with Crippen molar-refractivity contribution >= 4 is 5.97 Å². The lowest BCUT2D eigenvalue weighted by atomic mass is 9.87. The fraction of sp³-hybridized carbons (Fsp3) is 0.667. The van der Waals surface area contributed by atoms with Gasteiger partial charge in [-0.1, -0.05) is 6.92 Å². The monoisotopic (exact) mass is 237 g/mol. The second-order valence-electron chi connectivity index (χ2n) is 4.96. The third-order valence-electron chi connectivity index (χ3n) is 3.81. The number of hydrogen-bond donors (Lipinski definition) is 1. The van der Waals surface area contributed by atoms with E-state index in [1.165, 1.54) is 11.3 Å². The van der Waals surface area contributed by atoms with Crippen molar-refractivity contribution in [2.24, 2.45) is 18.9 Å². The molecule has 1 aromatic rings. The highest BCUT2D eigenvalue weighted by Gasteiger charge is 2.34. The van der Waals surface area contributed by atoms with Crippen molar-refractivity contribution < 1.29 is 9.90 Å². The first-order valence-electron chi connectivity index (χ1n) is 5.91. The summed E-state index contributed by atoms with van der Waals surface area (Å²) in [5.74, 6) is -0.627. The largest absolute Gasteiger partial charge is 0.481 e. The Hall–Kier alpha value is -1.36. The van der Waals surface area contributed by atoms with Crippen LogP contribution in [-0.2, 0) is 18.4 Å². The molecule has 1 saturated heterocycles. The van der Waals surface area contributed by atoms with E-state index in [-0.39, 0.29) is 5.92 Å². The average molecular weight is 237 g/mol. The van der Waals surface area contributed by atoms with Gasteiger partial charge in [0.1, 0.15) is 0 Å². The normalized spacial score (nSPS) is 19.0. The summed E-state index contributed by atoms with van der Waals surface area (Å²) >= 11 is 0. The molecule has 2 rings (SSSR count). The van der Waals surface area contributed by atoms with E-state index in [2.05, 4.69) is 16.9 Å². The van der Waals surface area contributed by atoms with Crippen molar-refractivity contribution in [2.45, 2.75) is 20.4 Å². The quantitative estimate of drug-likeness (QED) is 0.844. The lowest BCUT2D eigenvalue weighted by Crippen LogP contribution is -2.50. The number of aryl methyl sites for hydroxylation is 1. The van der Waals surface area contributed by atoms with Crippen LogP contribution in [0.2, 0.25) is 0 Å². The number of hydrogen-bond acceptors (Lipinski definition) is 3. The lowest BCUT2D eigenvalue weighted by Gasteiger charge is -2.41. The molecule has 1 aliphatic heterocycles. The van der Waals surface area contributed by atoms with E-state index in [4.69, 9.17) is 5.11 Å². The number of rotatable bonds is 4. The Morgan fingerprint density at radius 1 is 1.65 bits per heavy atom. The van der Waals surface area contributed by atoms with Crippen molar-refractivity contribution in [2.75, 3.05) is 13.1 Å². The van der Waals surface area contributed by atoms with Gasteiger partial charge in [0.05, 0.1) is 12.1 Å². The molecule has 0 saturated carbocycles. The summed E-state index contributed by atoms with van der Waals surface area (Å²) in [5, 5.41) is 13.1. The van der Waals surface area contributed by atoms with Crippen LogP contribution in [0, 0.1) is 18.8 Å². The molecule has 5 nitrogen and oxygen atoms in total. The molecule has 1 aliphatic rings. The molecule has 1 fully saturated rings. The topological polar surface area (TPSA) is 58.4 Å². The van der Waals surface area contributed by atoms with Gasteiger partial charge in [-0.25, -0.2) is 0 Å². The number of nitrogens with zero attached hydrogens (tertiary/aromatic N) is 3. The summed E-state index contributed by atoms with van der Waals surface area (Å²) in [7, 11) is 1.93. The number of carboxylic acid groups (broad SMARTS) is 1. The third-order valence-corrected chi connectivity index (χ3v) is 3.81. The molecule has 0 spiro atoms. The Balaban J connectivity index is 1.85. The summed E-state index contributed by atoms with van der Waals surface area (Å²) in [4.78, 5) is 13.1. The Kier molecular flexibility index (Phi) is 3.19. The molecule has 5 heteroatoms. The van der Waals surface area contributed by atoms with E-state index >= 15 is 0 Å². The highest BCUT2D eigenvalue weighted by Crippen LogP contribution is 2.26. The summed E-state index contributed by atoms with van der Waals surface area (Å²) in [6, 6.07) is 0. The molecule has 0 aliphatic carbocycles. The zero-order valence-corrected chi connectivity index (χ0v) is 10.6. The first-order valence-corrected chi connectivity index (χ1v) is 5.91. The maximum absolute atomic E-state index is 10.8. The fourth-order valence-corrected chi connectivity index (χ4v) is 2.20. The second kappa shape index (κ2) is 4.49. The fourth-order valence-electron chi connectivity index (χ4n) is 2.20. The van der Waals surface area contributed by atoms with Crippen LogP contribution in [0.1, 0.15) is 18.2 Å². The minimum atomic E-state index is -0.688. The molecule has 0 aromatic carbocycles. The Morgan fingerprint density at radius 3 is 2.76 bits per heavy atom. The average Bonchev–Trinajstić information content (AvgIpc) is 2.53. The Morgan fingerprint density at radius 2 is 2.29 bits per heavy atom. The van der Waals surface area contributed by atoms with Gasteiger partial charge in [0.15, 0.2) is 0 Å². The second-order valence-corrected chi connectivity index (χ2v) is 4.96. The number of aliphatic carboxylic acids is 1. The highest BCUT2D eigenvalue weighted by atomic mass is 16.4. The maximum atomic E-state index is 10.8. The van der Waals surface area contributed by atoms with Gasteiger partial charge in [0.2, 0.25) is 0 Å². The summed E-state index contributed by atoms with van der Waals surface area (Å²) in [6.45, 7) is 6.48. The zero-order valence-electron chi connectivity index (χ0n) is 10.6. The van der Waals surface area contributed by atoms with Gasteiger partial charge in [-0.15, -0.1) is 0 Å². The van der Waals surface area contributed by atoms with Crippen LogP contribution in [0.4, 0.5) is 0 Å². The minimum Gasteiger partial charge on any atom is -0.481 e. The first kappa shape index (κ1) is 12.1. The molecular formula is C12H19N3O2. The molecule has 2 heterocycles. The molecule has 0 radical (unpaired) electrons. The van der Waals surface area contributed by atoms with Crippen LogP contribution in [0.25, 0.3) is 0 Å². The SMILES string of the molecule is Cc1c(CN2CC(C(C)C(=O)O)C2)cnn1C. The van der Waals surface area contributed by atoms with Gasteiger partial charge in [-0.2, -0.15) is 5.10 Å². The summed E-state index contributed by atoms with van der Waals surface area (Å²) in [5.41, 5.74) is 2.41. The molecule has 1 aromatic heterocycles. The summed E-state index contributed by atoms with van der Waals surface area (Å²) < 4.78 is 1.87. The minimum absolute atomic E-state index is 0.235. The number of carbonyl (C=O) groups is 1. The highest BCUT2D eigenvalue weighted by molar-refractivity contribution is 5.70. The molecule has 1 atom stereocenters. The van der Waals surface area contributed by atoms with E-state index in [0.717, 1.165) is 19.6 Å². The molecule has 94 valence electrons.